The van der Waals surface area contributed by atoms with Crippen molar-refractivity contribution in [2.45, 2.75) is 6.61 Å². The summed E-state index contributed by atoms with van der Waals surface area (Å²) in [5.41, 5.74) is 11.0. The van der Waals surface area contributed by atoms with E-state index in [0.29, 0.717) is 6.61 Å². The van der Waals surface area contributed by atoms with E-state index >= 15 is 0 Å². The van der Waals surface area contributed by atoms with Gasteiger partial charge in [-0.2, -0.15) is 0 Å². The van der Waals surface area contributed by atoms with E-state index in [1.165, 1.54) is 0 Å². The lowest BCUT2D eigenvalue weighted by Gasteiger charge is -2.13. The number of hydrogen-bond acceptors (Lipinski definition) is 2. The van der Waals surface area contributed by atoms with Gasteiger partial charge in [-0.3, -0.25) is 0 Å². The molecule has 0 saturated carbocycles. The molecule has 0 heterocycles. The van der Waals surface area contributed by atoms with Crippen LogP contribution in [-0.4, -0.2) is 0 Å². The first kappa shape index (κ1) is 14.9. The van der Waals surface area contributed by atoms with Crippen LogP contribution < -0.4 is 10.5 Å². The molecule has 0 amide bonds. The lowest BCUT2D eigenvalue weighted by atomic mass is 10.0. The lowest BCUT2D eigenvalue weighted by Crippen LogP contribution is -1.98. The average Bonchev–Trinajstić information content (AvgIpc) is 2.62. The summed E-state index contributed by atoms with van der Waals surface area (Å²) in [6, 6.07) is 24.0. The molecule has 0 bridgehead atoms. The van der Waals surface area contributed by atoms with Gasteiger partial charge in [0.05, 0.1) is 0 Å². The Morgan fingerprint density at radius 2 is 1.65 bits per heavy atom. The van der Waals surface area contributed by atoms with E-state index in [-0.39, 0.29) is 0 Å². The summed E-state index contributed by atoms with van der Waals surface area (Å²) in [4.78, 5) is 0. The summed E-state index contributed by atoms with van der Waals surface area (Å²) in [5, 5.41) is 0. The molecule has 2 heteroatoms. The third-order valence-electron chi connectivity index (χ3n) is 3.70. The second-order valence-corrected chi connectivity index (χ2v) is 5.36. The quantitative estimate of drug-likeness (QED) is 0.661. The predicted molar refractivity (Wildman–Crippen MR) is 97.2 cm³/mol. The molecule has 0 unspecified atom stereocenters. The van der Waals surface area contributed by atoms with Gasteiger partial charge in [0.25, 0.3) is 0 Å². The average molecular weight is 301 g/mol. The van der Waals surface area contributed by atoms with Gasteiger partial charge in [0, 0.05) is 11.3 Å². The van der Waals surface area contributed by atoms with Crippen molar-refractivity contribution in [3.8, 4) is 16.9 Å². The monoisotopic (exact) mass is 301 g/mol. The number of ether oxygens (including phenoxy) is 1. The minimum Gasteiger partial charge on any atom is -0.488 e. The second kappa shape index (κ2) is 6.84. The Morgan fingerprint density at radius 1 is 0.913 bits per heavy atom. The SMILES string of the molecule is C=Cc1ccc(COc2ccc(N)cc2-c2ccccc2)cc1. The van der Waals surface area contributed by atoms with Crippen LogP contribution in [0.5, 0.6) is 5.75 Å². The fourth-order valence-electron chi connectivity index (χ4n) is 2.43. The molecular formula is C21H19NO. The molecular weight excluding hydrogens is 282 g/mol. The Labute approximate surface area is 136 Å². The Morgan fingerprint density at radius 3 is 2.35 bits per heavy atom. The van der Waals surface area contributed by atoms with Gasteiger partial charge < -0.3 is 10.5 Å². The molecule has 0 aliphatic rings. The zero-order valence-electron chi connectivity index (χ0n) is 12.9. The Balaban J connectivity index is 1.83. The highest BCUT2D eigenvalue weighted by Gasteiger charge is 2.07. The van der Waals surface area contributed by atoms with Crippen LogP contribution in [0.3, 0.4) is 0 Å². The van der Waals surface area contributed by atoms with Crippen molar-refractivity contribution in [3.05, 3.63) is 90.5 Å². The van der Waals surface area contributed by atoms with Crippen molar-refractivity contribution in [1.82, 2.24) is 0 Å². The largest absolute Gasteiger partial charge is 0.488 e. The van der Waals surface area contributed by atoms with Crippen molar-refractivity contribution >= 4 is 11.8 Å². The molecule has 23 heavy (non-hydrogen) atoms. The van der Waals surface area contributed by atoms with Crippen LogP contribution in [0.1, 0.15) is 11.1 Å². The van der Waals surface area contributed by atoms with Gasteiger partial charge in [0.2, 0.25) is 0 Å². The van der Waals surface area contributed by atoms with E-state index < -0.39 is 0 Å². The van der Waals surface area contributed by atoms with Crippen LogP contribution in [-0.2, 0) is 6.61 Å². The first-order valence-corrected chi connectivity index (χ1v) is 7.55. The Bertz CT molecular complexity index is 792. The summed E-state index contributed by atoms with van der Waals surface area (Å²) in [7, 11) is 0. The molecule has 0 spiro atoms. The summed E-state index contributed by atoms with van der Waals surface area (Å²) in [5.74, 6) is 0.832. The predicted octanol–water partition coefficient (Wildman–Crippen LogP) is 5.16. The van der Waals surface area contributed by atoms with Crippen molar-refractivity contribution in [2.24, 2.45) is 0 Å². The van der Waals surface area contributed by atoms with Crippen LogP contribution in [0, 0.1) is 0 Å². The number of benzene rings is 3. The highest BCUT2D eigenvalue weighted by atomic mass is 16.5. The van der Waals surface area contributed by atoms with Crippen molar-refractivity contribution in [2.75, 3.05) is 5.73 Å². The van der Waals surface area contributed by atoms with Crippen LogP contribution >= 0.6 is 0 Å². The Hall–Kier alpha value is -3.00. The van der Waals surface area contributed by atoms with Gasteiger partial charge in [0.15, 0.2) is 0 Å². The molecule has 2 N–H and O–H groups in total. The molecule has 0 aromatic heterocycles. The molecule has 0 saturated heterocycles. The van der Waals surface area contributed by atoms with E-state index in [4.69, 9.17) is 10.5 Å². The van der Waals surface area contributed by atoms with Crippen LogP contribution in [0.25, 0.3) is 17.2 Å². The normalized spacial score (nSPS) is 10.3. The molecule has 2 nitrogen and oxygen atoms in total. The molecule has 3 aromatic carbocycles. The first-order valence-electron chi connectivity index (χ1n) is 7.55. The maximum Gasteiger partial charge on any atom is 0.127 e. The van der Waals surface area contributed by atoms with E-state index in [1.807, 2.05) is 54.6 Å². The molecule has 0 fully saturated rings. The maximum atomic E-state index is 6.02. The van der Waals surface area contributed by atoms with E-state index in [1.54, 1.807) is 0 Å². The number of nitrogens with two attached hydrogens (primary N) is 1. The van der Waals surface area contributed by atoms with Crippen LogP contribution in [0.15, 0.2) is 79.4 Å². The van der Waals surface area contributed by atoms with Gasteiger partial charge >= 0.3 is 0 Å². The van der Waals surface area contributed by atoms with Crippen molar-refractivity contribution < 1.29 is 4.74 Å². The molecule has 0 radical (unpaired) electrons. The number of hydrogen-bond donors (Lipinski definition) is 1. The molecule has 0 aliphatic heterocycles. The minimum atomic E-state index is 0.515. The molecule has 0 aliphatic carbocycles. The van der Waals surface area contributed by atoms with Gasteiger partial charge in [0.1, 0.15) is 12.4 Å². The van der Waals surface area contributed by atoms with Crippen LogP contribution in [0.4, 0.5) is 5.69 Å². The maximum absolute atomic E-state index is 6.02. The third-order valence-corrected chi connectivity index (χ3v) is 3.70. The zero-order valence-corrected chi connectivity index (χ0v) is 12.9. The summed E-state index contributed by atoms with van der Waals surface area (Å²) < 4.78 is 6.02. The third kappa shape index (κ3) is 3.61. The zero-order chi connectivity index (χ0) is 16.1. The summed E-state index contributed by atoms with van der Waals surface area (Å²) >= 11 is 0. The van der Waals surface area contributed by atoms with Gasteiger partial charge in [-0.25, -0.2) is 0 Å². The van der Waals surface area contributed by atoms with E-state index in [0.717, 1.165) is 33.7 Å². The minimum absolute atomic E-state index is 0.515. The fraction of sp³-hybridized carbons (Fsp3) is 0.0476. The van der Waals surface area contributed by atoms with Crippen molar-refractivity contribution in [3.63, 3.8) is 0 Å². The van der Waals surface area contributed by atoms with E-state index in [9.17, 15) is 0 Å². The highest BCUT2D eigenvalue weighted by Crippen LogP contribution is 2.32. The molecule has 114 valence electrons. The number of nitrogen functional groups attached to an aromatic ring is 1. The number of anilines is 1. The van der Waals surface area contributed by atoms with Crippen LogP contribution in [0.2, 0.25) is 0 Å². The highest BCUT2D eigenvalue weighted by molar-refractivity contribution is 5.73. The number of rotatable bonds is 5. The molecule has 3 rings (SSSR count). The second-order valence-electron chi connectivity index (χ2n) is 5.36. The summed E-state index contributed by atoms with van der Waals surface area (Å²) in [6.45, 7) is 4.28. The van der Waals surface area contributed by atoms with E-state index in [2.05, 4.69) is 30.8 Å². The smallest absolute Gasteiger partial charge is 0.127 e. The molecule has 0 atom stereocenters. The van der Waals surface area contributed by atoms with Gasteiger partial charge in [-0.1, -0.05) is 67.3 Å². The Kier molecular flexibility index (Phi) is 4.44. The standard InChI is InChI=1S/C21H19NO/c1-2-16-8-10-17(11-9-16)15-23-21-13-12-19(22)14-20(21)18-6-4-3-5-7-18/h2-14H,1,15,22H2. The van der Waals surface area contributed by atoms with Crippen molar-refractivity contribution in [1.29, 1.82) is 0 Å². The lowest BCUT2D eigenvalue weighted by molar-refractivity contribution is 0.307. The van der Waals surface area contributed by atoms with Gasteiger partial charge in [-0.15, -0.1) is 0 Å². The first-order chi connectivity index (χ1) is 11.3. The fourth-order valence-corrected chi connectivity index (χ4v) is 2.43. The topological polar surface area (TPSA) is 35.2 Å². The summed E-state index contributed by atoms with van der Waals surface area (Å²) in [6.07, 6.45) is 1.83. The van der Waals surface area contributed by atoms with Gasteiger partial charge in [-0.05, 0) is 34.9 Å². The molecule has 3 aromatic rings.